The predicted octanol–water partition coefficient (Wildman–Crippen LogP) is 1.49. The molecule has 0 radical (unpaired) electrons. The molecule has 0 unspecified atom stereocenters. The Morgan fingerprint density at radius 1 is 1.11 bits per heavy atom. The van der Waals surface area contributed by atoms with Gasteiger partial charge in [0.15, 0.2) is 0 Å². The van der Waals surface area contributed by atoms with E-state index in [1.54, 1.807) is 16.7 Å². The number of pyridine rings is 1. The van der Waals surface area contributed by atoms with Crippen molar-refractivity contribution < 1.29 is 0 Å². The van der Waals surface area contributed by atoms with Gasteiger partial charge in [0.05, 0.1) is 0 Å². The van der Waals surface area contributed by atoms with Gasteiger partial charge in [0, 0.05) is 48.8 Å². The summed E-state index contributed by atoms with van der Waals surface area (Å²) in [5, 5.41) is 0. The lowest BCUT2D eigenvalue weighted by molar-refractivity contribution is 0.647. The van der Waals surface area contributed by atoms with Gasteiger partial charge in [-0.1, -0.05) is 12.1 Å². The molecule has 4 nitrogen and oxygen atoms in total. The van der Waals surface area contributed by atoms with Crippen LogP contribution in [0.25, 0.3) is 0 Å². The number of hydrogen-bond acceptors (Lipinski definition) is 3. The number of benzene rings is 1. The Balaban J connectivity index is 1.76. The molecule has 0 saturated heterocycles. The summed E-state index contributed by atoms with van der Waals surface area (Å²) >= 11 is 0. The maximum Gasteiger partial charge on any atom is 0.250 e. The molecule has 0 amide bonds. The largest absolute Gasteiger partial charge is 0.398 e. The third kappa shape index (κ3) is 2.21. The quantitative estimate of drug-likeness (QED) is 0.845. The molecule has 3 rings (SSSR count). The van der Waals surface area contributed by atoms with Gasteiger partial charge < -0.3 is 15.2 Å². The molecular formula is C15H17N3O. The second-order valence-corrected chi connectivity index (χ2v) is 4.81. The highest BCUT2D eigenvalue weighted by atomic mass is 16.1. The first kappa shape index (κ1) is 11.8. The van der Waals surface area contributed by atoms with Crippen molar-refractivity contribution in [2.24, 2.45) is 0 Å². The van der Waals surface area contributed by atoms with Gasteiger partial charge in [-0.25, -0.2) is 0 Å². The zero-order valence-electron chi connectivity index (χ0n) is 10.7. The lowest BCUT2D eigenvalue weighted by atomic mass is 10.1. The number of anilines is 2. The molecule has 2 heterocycles. The maximum atomic E-state index is 11.6. The molecule has 0 atom stereocenters. The van der Waals surface area contributed by atoms with Gasteiger partial charge in [-0.3, -0.25) is 4.79 Å². The molecule has 0 bridgehead atoms. The van der Waals surface area contributed by atoms with E-state index in [1.165, 1.54) is 11.3 Å². The molecule has 2 N–H and O–H groups in total. The van der Waals surface area contributed by atoms with Crippen molar-refractivity contribution in [2.75, 3.05) is 23.7 Å². The van der Waals surface area contributed by atoms with Crippen molar-refractivity contribution in [3.8, 4) is 0 Å². The number of aromatic nitrogens is 1. The first-order chi connectivity index (χ1) is 9.25. The molecular weight excluding hydrogens is 238 g/mol. The molecule has 0 fully saturated rings. The molecule has 0 spiro atoms. The Morgan fingerprint density at radius 3 is 2.84 bits per heavy atom. The topological polar surface area (TPSA) is 51.3 Å². The van der Waals surface area contributed by atoms with Crippen molar-refractivity contribution in [1.29, 1.82) is 0 Å². The first-order valence-electron chi connectivity index (χ1n) is 6.53. The van der Waals surface area contributed by atoms with Crippen molar-refractivity contribution in [1.82, 2.24) is 4.57 Å². The molecule has 98 valence electrons. The summed E-state index contributed by atoms with van der Waals surface area (Å²) in [5.74, 6) is 0. The van der Waals surface area contributed by atoms with Gasteiger partial charge in [0.2, 0.25) is 0 Å². The van der Waals surface area contributed by atoms with Crippen LogP contribution < -0.4 is 16.2 Å². The number of rotatable bonds is 3. The van der Waals surface area contributed by atoms with Gasteiger partial charge in [-0.15, -0.1) is 0 Å². The summed E-state index contributed by atoms with van der Waals surface area (Å²) < 4.78 is 1.74. The normalized spacial score (nSPS) is 13.6. The SMILES string of the molecule is Nc1cccc2c1CCN2CCn1ccccc1=O. The fourth-order valence-electron chi connectivity index (χ4n) is 2.63. The Morgan fingerprint density at radius 2 is 2.00 bits per heavy atom. The van der Waals surface area contributed by atoms with E-state index in [2.05, 4.69) is 11.0 Å². The molecule has 0 aliphatic carbocycles. The van der Waals surface area contributed by atoms with Crippen LogP contribution in [0, 0.1) is 0 Å². The molecule has 19 heavy (non-hydrogen) atoms. The van der Waals surface area contributed by atoms with E-state index in [9.17, 15) is 4.79 Å². The highest BCUT2D eigenvalue weighted by Gasteiger charge is 2.20. The van der Waals surface area contributed by atoms with E-state index >= 15 is 0 Å². The summed E-state index contributed by atoms with van der Waals surface area (Å²) in [6, 6.07) is 11.3. The number of fused-ring (bicyclic) bond motifs is 1. The van der Waals surface area contributed by atoms with Crippen LogP contribution in [0.3, 0.4) is 0 Å². The molecule has 1 aliphatic heterocycles. The highest BCUT2D eigenvalue weighted by molar-refractivity contribution is 5.68. The lowest BCUT2D eigenvalue weighted by Gasteiger charge is -2.20. The van der Waals surface area contributed by atoms with Gasteiger partial charge >= 0.3 is 0 Å². The number of nitrogens with two attached hydrogens (primary N) is 1. The van der Waals surface area contributed by atoms with Gasteiger partial charge in [0.25, 0.3) is 5.56 Å². The highest BCUT2D eigenvalue weighted by Crippen LogP contribution is 2.31. The summed E-state index contributed by atoms with van der Waals surface area (Å²) in [4.78, 5) is 13.9. The lowest BCUT2D eigenvalue weighted by Crippen LogP contribution is -2.29. The van der Waals surface area contributed by atoms with Gasteiger partial charge in [-0.2, -0.15) is 0 Å². The monoisotopic (exact) mass is 255 g/mol. The minimum atomic E-state index is 0.0505. The zero-order chi connectivity index (χ0) is 13.2. The minimum absolute atomic E-state index is 0.0505. The Kier molecular flexibility index (Phi) is 2.99. The second-order valence-electron chi connectivity index (χ2n) is 4.81. The summed E-state index contributed by atoms with van der Waals surface area (Å²) in [6.45, 7) is 2.51. The fourth-order valence-corrected chi connectivity index (χ4v) is 2.63. The van der Waals surface area contributed by atoms with E-state index in [-0.39, 0.29) is 5.56 Å². The smallest absolute Gasteiger partial charge is 0.250 e. The maximum absolute atomic E-state index is 11.6. The van der Waals surface area contributed by atoms with Crippen molar-refractivity contribution in [2.45, 2.75) is 13.0 Å². The van der Waals surface area contributed by atoms with Crippen LogP contribution in [0.1, 0.15) is 5.56 Å². The van der Waals surface area contributed by atoms with E-state index in [0.717, 1.165) is 25.2 Å². The van der Waals surface area contributed by atoms with Crippen LogP contribution >= 0.6 is 0 Å². The van der Waals surface area contributed by atoms with E-state index < -0.39 is 0 Å². The number of hydrogen-bond donors (Lipinski definition) is 1. The van der Waals surface area contributed by atoms with Crippen LogP contribution in [0.4, 0.5) is 11.4 Å². The third-order valence-electron chi connectivity index (χ3n) is 3.67. The molecule has 1 aliphatic rings. The molecule has 2 aromatic rings. The average Bonchev–Trinajstić information content (AvgIpc) is 2.83. The van der Waals surface area contributed by atoms with Crippen molar-refractivity contribution >= 4 is 11.4 Å². The van der Waals surface area contributed by atoms with E-state index in [0.29, 0.717) is 6.54 Å². The standard InChI is InChI=1S/C15H17N3O/c16-13-4-3-5-14-12(13)7-9-17(14)10-11-18-8-2-1-6-15(18)19/h1-6,8H,7,9-11,16H2. The Bertz CT molecular complexity index is 648. The number of nitrogens with zero attached hydrogens (tertiary/aromatic N) is 2. The summed E-state index contributed by atoms with van der Waals surface area (Å²) in [7, 11) is 0. The fraction of sp³-hybridized carbons (Fsp3) is 0.267. The average molecular weight is 255 g/mol. The Hall–Kier alpha value is -2.23. The van der Waals surface area contributed by atoms with Crippen LogP contribution in [0.5, 0.6) is 0 Å². The number of nitrogen functional groups attached to an aromatic ring is 1. The third-order valence-corrected chi connectivity index (χ3v) is 3.67. The molecule has 4 heteroatoms. The van der Waals surface area contributed by atoms with Crippen molar-refractivity contribution in [3.63, 3.8) is 0 Å². The predicted molar refractivity (Wildman–Crippen MR) is 77.5 cm³/mol. The Labute approximate surface area is 112 Å². The van der Waals surface area contributed by atoms with E-state index in [4.69, 9.17) is 5.73 Å². The van der Waals surface area contributed by atoms with Gasteiger partial charge in [-0.05, 0) is 24.6 Å². The zero-order valence-corrected chi connectivity index (χ0v) is 10.7. The van der Waals surface area contributed by atoms with E-state index in [1.807, 2.05) is 24.4 Å². The molecule has 1 aromatic heterocycles. The van der Waals surface area contributed by atoms with Crippen LogP contribution in [-0.2, 0) is 13.0 Å². The minimum Gasteiger partial charge on any atom is -0.398 e. The van der Waals surface area contributed by atoms with Crippen LogP contribution in [0.15, 0.2) is 47.4 Å². The molecule has 1 aromatic carbocycles. The summed E-state index contributed by atoms with van der Waals surface area (Å²) in [5.41, 5.74) is 9.36. The first-order valence-corrected chi connectivity index (χ1v) is 6.53. The van der Waals surface area contributed by atoms with Crippen LogP contribution in [-0.4, -0.2) is 17.7 Å². The van der Waals surface area contributed by atoms with Crippen molar-refractivity contribution in [3.05, 3.63) is 58.5 Å². The van der Waals surface area contributed by atoms with Crippen LogP contribution in [0.2, 0.25) is 0 Å². The molecule has 0 saturated carbocycles. The van der Waals surface area contributed by atoms with Gasteiger partial charge in [0.1, 0.15) is 0 Å². The second kappa shape index (κ2) is 4.80. The summed E-state index contributed by atoms with van der Waals surface area (Å²) in [6.07, 6.45) is 2.82.